The Kier molecular flexibility index (Phi) is 3.95. The van der Waals surface area contributed by atoms with Crippen LogP contribution in [0.5, 0.6) is 5.75 Å². The van der Waals surface area contributed by atoms with Gasteiger partial charge < -0.3 is 9.84 Å². The third-order valence-corrected chi connectivity index (χ3v) is 2.64. The molecule has 2 nitrogen and oxygen atoms in total. The van der Waals surface area contributed by atoms with Gasteiger partial charge in [-0.1, -0.05) is 29.8 Å². The maximum atomic E-state index is 13.2. The molecule has 1 N–H and O–H groups in total. The van der Waals surface area contributed by atoms with Crippen molar-refractivity contribution in [1.29, 1.82) is 0 Å². The minimum Gasteiger partial charge on any atom is -0.489 e. The lowest BCUT2D eigenvalue weighted by molar-refractivity contribution is 0.276. The smallest absolute Gasteiger partial charge is 0.127 e. The molecule has 0 heterocycles. The number of hydrogen-bond acceptors (Lipinski definition) is 2. The molecule has 2 aromatic carbocycles. The highest BCUT2D eigenvalue weighted by atomic mass is 19.1. The number of halogens is 1. The molecular formula is C15H15FO2. The summed E-state index contributed by atoms with van der Waals surface area (Å²) in [4.78, 5) is 0. The van der Waals surface area contributed by atoms with Gasteiger partial charge in [-0.25, -0.2) is 4.39 Å². The Balaban J connectivity index is 2.05. The van der Waals surface area contributed by atoms with E-state index in [1.807, 2.05) is 31.2 Å². The lowest BCUT2D eigenvalue weighted by Crippen LogP contribution is -1.97. The monoisotopic (exact) mass is 246 g/mol. The number of hydrogen-bond donors (Lipinski definition) is 1. The summed E-state index contributed by atoms with van der Waals surface area (Å²) in [6.45, 7) is 2.21. The number of rotatable bonds is 4. The molecule has 18 heavy (non-hydrogen) atoms. The Morgan fingerprint density at radius 1 is 1.06 bits per heavy atom. The molecule has 0 aliphatic heterocycles. The van der Waals surface area contributed by atoms with Crippen LogP contribution in [0.15, 0.2) is 42.5 Å². The third kappa shape index (κ3) is 3.31. The van der Waals surface area contributed by atoms with Crippen molar-refractivity contribution >= 4 is 0 Å². The summed E-state index contributed by atoms with van der Waals surface area (Å²) in [5, 5.41) is 8.98. The summed E-state index contributed by atoms with van der Waals surface area (Å²) in [6.07, 6.45) is 0. The van der Waals surface area contributed by atoms with Gasteiger partial charge in [0.05, 0.1) is 6.61 Å². The van der Waals surface area contributed by atoms with Crippen molar-refractivity contribution in [2.75, 3.05) is 0 Å². The summed E-state index contributed by atoms with van der Waals surface area (Å²) < 4.78 is 18.7. The van der Waals surface area contributed by atoms with E-state index in [0.29, 0.717) is 17.9 Å². The van der Waals surface area contributed by atoms with Crippen LogP contribution in [-0.2, 0) is 13.2 Å². The van der Waals surface area contributed by atoms with E-state index in [0.717, 1.165) is 5.56 Å². The molecule has 2 aromatic rings. The maximum absolute atomic E-state index is 13.2. The van der Waals surface area contributed by atoms with E-state index in [4.69, 9.17) is 9.84 Å². The van der Waals surface area contributed by atoms with Crippen molar-refractivity contribution in [2.45, 2.75) is 20.1 Å². The molecule has 0 amide bonds. The lowest BCUT2D eigenvalue weighted by Gasteiger charge is -2.08. The Labute approximate surface area is 106 Å². The first-order valence-electron chi connectivity index (χ1n) is 5.76. The topological polar surface area (TPSA) is 29.5 Å². The number of aliphatic hydroxyl groups is 1. The van der Waals surface area contributed by atoms with Gasteiger partial charge in [-0.3, -0.25) is 0 Å². The molecule has 0 unspecified atom stereocenters. The van der Waals surface area contributed by atoms with Crippen LogP contribution in [0.3, 0.4) is 0 Å². The summed E-state index contributed by atoms with van der Waals surface area (Å²) in [5.41, 5.74) is 2.72. The fourth-order valence-electron chi connectivity index (χ4n) is 1.65. The average molecular weight is 246 g/mol. The highest BCUT2D eigenvalue weighted by Gasteiger charge is 2.02. The molecule has 0 aromatic heterocycles. The Morgan fingerprint density at radius 2 is 1.78 bits per heavy atom. The molecule has 0 bridgehead atoms. The zero-order valence-electron chi connectivity index (χ0n) is 10.2. The van der Waals surface area contributed by atoms with Crippen LogP contribution in [0.2, 0.25) is 0 Å². The highest BCUT2D eigenvalue weighted by molar-refractivity contribution is 5.30. The molecule has 0 saturated heterocycles. The zero-order valence-corrected chi connectivity index (χ0v) is 10.2. The fraction of sp³-hybridized carbons (Fsp3) is 0.200. The molecule has 0 radical (unpaired) electrons. The van der Waals surface area contributed by atoms with Crippen LogP contribution in [0, 0.1) is 12.7 Å². The number of aliphatic hydroxyl groups excluding tert-OH is 1. The van der Waals surface area contributed by atoms with Gasteiger partial charge in [0, 0.05) is 6.07 Å². The molecule has 0 aliphatic carbocycles. The molecule has 0 spiro atoms. The first kappa shape index (κ1) is 12.6. The number of aryl methyl sites for hydroxylation is 1. The summed E-state index contributed by atoms with van der Waals surface area (Å²) in [6, 6.07) is 12.2. The minimum absolute atomic E-state index is 0.196. The van der Waals surface area contributed by atoms with Crippen molar-refractivity contribution in [3.8, 4) is 5.75 Å². The number of ether oxygens (including phenoxy) is 1. The summed E-state index contributed by atoms with van der Waals surface area (Å²) in [7, 11) is 0. The van der Waals surface area contributed by atoms with Crippen molar-refractivity contribution in [3.63, 3.8) is 0 Å². The molecule has 94 valence electrons. The lowest BCUT2D eigenvalue weighted by atomic mass is 10.2. The second-order valence-corrected chi connectivity index (χ2v) is 4.23. The molecule has 0 saturated carbocycles. The van der Waals surface area contributed by atoms with Gasteiger partial charge in [0.2, 0.25) is 0 Å². The molecule has 0 atom stereocenters. The normalized spacial score (nSPS) is 10.4. The van der Waals surface area contributed by atoms with E-state index >= 15 is 0 Å². The van der Waals surface area contributed by atoms with Crippen molar-refractivity contribution in [1.82, 2.24) is 0 Å². The first-order valence-corrected chi connectivity index (χ1v) is 5.76. The summed E-state index contributed by atoms with van der Waals surface area (Å²) in [5.74, 6) is 0.0279. The maximum Gasteiger partial charge on any atom is 0.127 e. The molecule has 0 aliphatic rings. The largest absolute Gasteiger partial charge is 0.489 e. The standard InChI is InChI=1S/C15H15FO2/c1-11-2-4-12(5-3-11)10-18-15-7-13(9-17)6-14(16)8-15/h2-8,17H,9-10H2,1H3. The van der Waals surface area contributed by atoms with E-state index < -0.39 is 5.82 Å². The van der Waals surface area contributed by atoms with E-state index in [2.05, 4.69) is 0 Å². The molecular weight excluding hydrogens is 231 g/mol. The third-order valence-electron chi connectivity index (χ3n) is 2.64. The second-order valence-electron chi connectivity index (χ2n) is 4.23. The highest BCUT2D eigenvalue weighted by Crippen LogP contribution is 2.18. The van der Waals surface area contributed by atoms with Gasteiger partial charge in [0.25, 0.3) is 0 Å². The van der Waals surface area contributed by atoms with E-state index in [1.54, 1.807) is 6.07 Å². The predicted octanol–water partition coefficient (Wildman–Crippen LogP) is 3.21. The van der Waals surface area contributed by atoms with Crippen molar-refractivity contribution in [3.05, 3.63) is 65.0 Å². The minimum atomic E-state index is -0.402. The van der Waals surface area contributed by atoms with Gasteiger partial charge in [-0.05, 0) is 30.2 Å². The van der Waals surface area contributed by atoms with Gasteiger partial charge in [0.15, 0.2) is 0 Å². The SMILES string of the molecule is Cc1ccc(COc2cc(F)cc(CO)c2)cc1. The molecule has 0 fully saturated rings. The zero-order chi connectivity index (χ0) is 13.0. The molecule has 3 heteroatoms. The Morgan fingerprint density at radius 3 is 2.44 bits per heavy atom. The van der Waals surface area contributed by atoms with Crippen molar-refractivity contribution in [2.24, 2.45) is 0 Å². The predicted molar refractivity (Wildman–Crippen MR) is 67.8 cm³/mol. The quantitative estimate of drug-likeness (QED) is 0.897. The number of benzene rings is 2. The van der Waals surface area contributed by atoms with Crippen LogP contribution < -0.4 is 4.74 Å². The van der Waals surface area contributed by atoms with E-state index in [-0.39, 0.29) is 6.61 Å². The van der Waals surface area contributed by atoms with Crippen LogP contribution in [0.4, 0.5) is 4.39 Å². The van der Waals surface area contributed by atoms with Crippen LogP contribution in [0.25, 0.3) is 0 Å². The van der Waals surface area contributed by atoms with E-state index in [9.17, 15) is 4.39 Å². The Bertz CT molecular complexity index is 521. The fourth-order valence-corrected chi connectivity index (χ4v) is 1.65. The Hall–Kier alpha value is -1.87. The second kappa shape index (κ2) is 5.65. The van der Waals surface area contributed by atoms with Gasteiger partial charge >= 0.3 is 0 Å². The van der Waals surface area contributed by atoms with Crippen LogP contribution >= 0.6 is 0 Å². The van der Waals surface area contributed by atoms with Gasteiger partial charge in [-0.15, -0.1) is 0 Å². The summed E-state index contributed by atoms with van der Waals surface area (Å²) >= 11 is 0. The van der Waals surface area contributed by atoms with E-state index in [1.165, 1.54) is 17.7 Å². The first-order chi connectivity index (χ1) is 8.67. The van der Waals surface area contributed by atoms with Gasteiger partial charge in [0.1, 0.15) is 18.2 Å². The van der Waals surface area contributed by atoms with Crippen molar-refractivity contribution < 1.29 is 14.2 Å². The average Bonchev–Trinajstić information content (AvgIpc) is 2.37. The van der Waals surface area contributed by atoms with Crippen LogP contribution in [-0.4, -0.2) is 5.11 Å². The molecule has 2 rings (SSSR count). The van der Waals surface area contributed by atoms with Gasteiger partial charge in [-0.2, -0.15) is 0 Å². The van der Waals surface area contributed by atoms with Crippen LogP contribution in [0.1, 0.15) is 16.7 Å².